The number of nitrogens with one attached hydrogen (secondary N) is 1. The molecule has 0 unspecified atom stereocenters. The third-order valence-corrected chi connectivity index (χ3v) is 3.77. The van der Waals surface area contributed by atoms with Crippen LogP contribution in [0.4, 0.5) is 0 Å². The van der Waals surface area contributed by atoms with E-state index < -0.39 is 11.4 Å². The molecule has 0 amide bonds. The summed E-state index contributed by atoms with van der Waals surface area (Å²) in [7, 11) is 0. The molecule has 0 aliphatic heterocycles. The van der Waals surface area contributed by atoms with Gasteiger partial charge in [0.05, 0.1) is 5.41 Å². The molecule has 0 aromatic heterocycles. The SMILES string of the molecule is Cc1cc(C)c(CNCCC(C)(C)C(=O)O)cc1C. The Hall–Kier alpha value is -1.35. The second-order valence-electron chi connectivity index (χ2n) is 5.98. The van der Waals surface area contributed by atoms with E-state index in [0.29, 0.717) is 13.0 Å². The molecule has 0 aliphatic rings. The van der Waals surface area contributed by atoms with Gasteiger partial charge in [-0.15, -0.1) is 0 Å². The Morgan fingerprint density at radius 3 is 2.32 bits per heavy atom. The molecule has 1 rings (SSSR count). The maximum Gasteiger partial charge on any atom is 0.309 e. The molecule has 0 radical (unpaired) electrons. The van der Waals surface area contributed by atoms with Crippen molar-refractivity contribution >= 4 is 5.97 Å². The highest BCUT2D eigenvalue weighted by Crippen LogP contribution is 2.20. The minimum atomic E-state index is -0.739. The van der Waals surface area contributed by atoms with E-state index in [4.69, 9.17) is 5.11 Å². The topological polar surface area (TPSA) is 49.3 Å². The van der Waals surface area contributed by atoms with Crippen molar-refractivity contribution in [3.63, 3.8) is 0 Å². The number of rotatable bonds is 6. The highest BCUT2D eigenvalue weighted by atomic mass is 16.4. The van der Waals surface area contributed by atoms with Crippen LogP contribution in [-0.2, 0) is 11.3 Å². The van der Waals surface area contributed by atoms with Crippen LogP contribution in [0.15, 0.2) is 12.1 Å². The van der Waals surface area contributed by atoms with Gasteiger partial charge in [-0.25, -0.2) is 0 Å². The van der Waals surface area contributed by atoms with Gasteiger partial charge in [-0.05, 0) is 69.8 Å². The average molecular weight is 263 g/mol. The fourth-order valence-electron chi connectivity index (χ4n) is 1.94. The Balaban J connectivity index is 2.51. The summed E-state index contributed by atoms with van der Waals surface area (Å²) in [6, 6.07) is 4.41. The normalized spacial score (nSPS) is 11.6. The first-order valence-corrected chi connectivity index (χ1v) is 6.75. The van der Waals surface area contributed by atoms with Crippen LogP contribution in [0.25, 0.3) is 0 Å². The fourth-order valence-corrected chi connectivity index (χ4v) is 1.94. The van der Waals surface area contributed by atoms with E-state index in [1.54, 1.807) is 13.8 Å². The first-order chi connectivity index (χ1) is 8.74. The number of carboxylic acid groups (broad SMARTS) is 1. The van der Waals surface area contributed by atoms with E-state index in [2.05, 4.69) is 38.2 Å². The number of aliphatic carboxylic acids is 1. The van der Waals surface area contributed by atoms with Crippen LogP contribution in [0.5, 0.6) is 0 Å². The lowest BCUT2D eigenvalue weighted by atomic mass is 9.89. The molecule has 0 aliphatic carbocycles. The summed E-state index contributed by atoms with van der Waals surface area (Å²) in [4.78, 5) is 11.0. The zero-order chi connectivity index (χ0) is 14.6. The molecule has 1 aromatic carbocycles. The summed E-state index contributed by atoms with van der Waals surface area (Å²) in [6.07, 6.45) is 0.631. The summed E-state index contributed by atoms with van der Waals surface area (Å²) in [5, 5.41) is 12.4. The maximum absolute atomic E-state index is 11.0. The van der Waals surface area contributed by atoms with Crippen LogP contribution < -0.4 is 5.32 Å². The van der Waals surface area contributed by atoms with Gasteiger partial charge in [0, 0.05) is 6.54 Å². The van der Waals surface area contributed by atoms with Crippen molar-refractivity contribution < 1.29 is 9.90 Å². The van der Waals surface area contributed by atoms with Gasteiger partial charge >= 0.3 is 5.97 Å². The van der Waals surface area contributed by atoms with E-state index in [0.717, 1.165) is 6.54 Å². The Morgan fingerprint density at radius 1 is 1.16 bits per heavy atom. The predicted octanol–water partition coefficient (Wildman–Crippen LogP) is 3.20. The van der Waals surface area contributed by atoms with E-state index in [-0.39, 0.29) is 0 Å². The van der Waals surface area contributed by atoms with Crippen molar-refractivity contribution in [1.82, 2.24) is 5.32 Å². The predicted molar refractivity (Wildman–Crippen MR) is 78.4 cm³/mol. The zero-order valence-corrected chi connectivity index (χ0v) is 12.6. The molecule has 3 heteroatoms. The van der Waals surface area contributed by atoms with Gasteiger partial charge in [-0.3, -0.25) is 4.79 Å². The van der Waals surface area contributed by atoms with Gasteiger partial charge in [0.1, 0.15) is 0 Å². The molecule has 2 N–H and O–H groups in total. The average Bonchev–Trinajstić information content (AvgIpc) is 2.30. The lowest BCUT2D eigenvalue weighted by Gasteiger charge is -2.19. The Kier molecular flexibility index (Phi) is 5.12. The van der Waals surface area contributed by atoms with Crippen molar-refractivity contribution in [1.29, 1.82) is 0 Å². The number of carboxylic acids is 1. The first kappa shape index (κ1) is 15.7. The largest absolute Gasteiger partial charge is 0.481 e. The van der Waals surface area contributed by atoms with E-state index in [9.17, 15) is 4.79 Å². The van der Waals surface area contributed by atoms with Crippen molar-refractivity contribution in [2.75, 3.05) is 6.54 Å². The molecule has 106 valence electrons. The van der Waals surface area contributed by atoms with E-state index in [1.807, 2.05) is 0 Å². The van der Waals surface area contributed by atoms with Gasteiger partial charge in [0.2, 0.25) is 0 Å². The molecule has 1 aromatic rings. The summed E-state index contributed by atoms with van der Waals surface area (Å²) in [5.41, 5.74) is 4.52. The summed E-state index contributed by atoms with van der Waals surface area (Å²) < 4.78 is 0. The molecule has 0 spiro atoms. The lowest BCUT2D eigenvalue weighted by molar-refractivity contribution is -0.147. The van der Waals surface area contributed by atoms with Crippen molar-refractivity contribution in [3.8, 4) is 0 Å². The highest BCUT2D eigenvalue weighted by Gasteiger charge is 2.26. The van der Waals surface area contributed by atoms with E-state index >= 15 is 0 Å². The Labute approximate surface area is 116 Å². The van der Waals surface area contributed by atoms with Gasteiger partial charge in [-0.2, -0.15) is 0 Å². The second kappa shape index (κ2) is 6.20. The van der Waals surface area contributed by atoms with Gasteiger partial charge in [0.25, 0.3) is 0 Å². The fraction of sp³-hybridized carbons (Fsp3) is 0.562. The number of benzene rings is 1. The Bertz CT molecular complexity index is 464. The van der Waals surface area contributed by atoms with Crippen LogP contribution in [0.2, 0.25) is 0 Å². The molecule has 19 heavy (non-hydrogen) atoms. The summed E-state index contributed by atoms with van der Waals surface area (Å²) in [5.74, 6) is -0.739. The second-order valence-corrected chi connectivity index (χ2v) is 5.98. The van der Waals surface area contributed by atoms with Crippen LogP contribution >= 0.6 is 0 Å². The molecule has 0 fully saturated rings. The number of hydrogen-bond donors (Lipinski definition) is 2. The third-order valence-electron chi connectivity index (χ3n) is 3.77. The smallest absolute Gasteiger partial charge is 0.309 e. The zero-order valence-electron chi connectivity index (χ0n) is 12.6. The molecule has 0 heterocycles. The van der Waals surface area contributed by atoms with Crippen molar-refractivity contribution in [3.05, 3.63) is 34.4 Å². The summed E-state index contributed by atoms with van der Waals surface area (Å²) in [6.45, 7) is 11.4. The van der Waals surface area contributed by atoms with Crippen LogP contribution in [0, 0.1) is 26.2 Å². The minimum absolute atomic E-state index is 0.631. The minimum Gasteiger partial charge on any atom is -0.481 e. The van der Waals surface area contributed by atoms with E-state index in [1.165, 1.54) is 22.3 Å². The monoisotopic (exact) mass is 263 g/mol. The number of carbonyl (C=O) groups is 1. The number of hydrogen-bond acceptors (Lipinski definition) is 2. The quantitative estimate of drug-likeness (QED) is 0.775. The first-order valence-electron chi connectivity index (χ1n) is 6.75. The van der Waals surface area contributed by atoms with Crippen LogP contribution in [-0.4, -0.2) is 17.6 Å². The molecule has 3 nitrogen and oxygen atoms in total. The third kappa shape index (κ3) is 4.35. The van der Waals surface area contributed by atoms with Crippen LogP contribution in [0.1, 0.15) is 42.5 Å². The molecule has 0 saturated carbocycles. The molecule has 0 bridgehead atoms. The van der Waals surface area contributed by atoms with Gasteiger partial charge < -0.3 is 10.4 Å². The highest BCUT2D eigenvalue weighted by molar-refractivity contribution is 5.73. The lowest BCUT2D eigenvalue weighted by Crippen LogP contribution is -2.29. The van der Waals surface area contributed by atoms with Crippen molar-refractivity contribution in [2.24, 2.45) is 5.41 Å². The molecule has 0 saturated heterocycles. The summed E-state index contributed by atoms with van der Waals surface area (Å²) >= 11 is 0. The molecule has 0 atom stereocenters. The van der Waals surface area contributed by atoms with Gasteiger partial charge in [-0.1, -0.05) is 12.1 Å². The molecular weight excluding hydrogens is 238 g/mol. The van der Waals surface area contributed by atoms with Crippen molar-refractivity contribution in [2.45, 2.75) is 47.6 Å². The maximum atomic E-state index is 11.0. The standard InChI is InChI=1S/C16H25NO2/c1-11-8-13(3)14(9-12(11)2)10-17-7-6-16(4,5)15(18)19/h8-9,17H,6-7,10H2,1-5H3,(H,18,19). The molecular formula is C16H25NO2. The number of aryl methyl sites for hydroxylation is 3. The van der Waals surface area contributed by atoms with Gasteiger partial charge in [0.15, 0.2) is 0 Å². The van der Waals surface area contributed by atoms with Crippen LogP contribution in [0.3, 0.4) is 0 Å². The Morgan fingerprint density at radius 2 is 1.74 bits per heavy atom.